The Kier molecular flexibility index (Phi) is 7.02. The largest absolute Gasteiger partial charge is 0.480 e. The summed E-state index contributed by atoms with van der Waals surface area (Å²) < 4.78 is 0. The van der Waals surface area contributed by atoms with Crippen LogP contribution in [0.15, 0.2) is 18.2 Å². The summed E-state index contributed by atoms with van der Waals surface area (Å²) in [4.78, 5) is 22.2. The molecule has 0 aliphatic carbocycles. The minimum Gasteiger partial charge on any atom is -0.480 e. The smallest absolute Gasteiger partial charge is 0.320 e. The molecule has 1 aromatic carbocycles. The molecule has 0 saturated carbocycles. The van der Waals surface area contributed by atoms with Crippen LogP contribution in [0, 0.1) is 11.3 Å². The molecular weight excluding hydrogens is 314 g/mol. The van der Waals surface area contributed by atoms with E-state index in [1.807, 2.05) is 6.07 Å². The maximum atomic E-state index is 11.7. The molecule has 0 heterocycles. The van der Waals surface area contributed by atoms with Gasteiger partial charge in [-0.2, -0.15) is 17.0 Å². The number of thioether (sulfide) groups is 1. The van der Waals surface area contributed by atoms with Crippen molar-refractivity contribution in [2.45, 2.75) is 12.5 Å². The Balaban J connectivity index is 2.36. The van der Waals surface area contributed by atoms with Crippen LogP contribution < -0.4 is 11.1 Å². The van der Waals surface area contributed by atoms with Gasteiger partial charge in [0.25, 0.3) is 0 Å². The first-order valence-corrected chi connectivity index (χ1v) is 7.53. The molecule has 1 aromatic rings. The Morgan fingerprint density at radius 2 is 2.24 bits per heavy atom. The fraction of sp³-hybridized carbons (Fsp3) is 0.308. The molecule has 0 bridgehead atoms. The Labute approximate surface area is 131 Å². The Hall–Kier alpha value is -1.75. The predicted octanol–water partition coefficient (Wildman–Crippen LogP) is 1.69. The van der Waals surface area contributed by atoms with E-state index in [4.69, 9.17) is 27.7 Å². The summed E-state index contributed by atoms with van der Waals surface area (Å²) in [6.45, 7) is 0. The van der Waals surface area contributed by atoms with Crippen molar-refractivity contribution in [2.24, 2.45) is 5.73 Å². The van der Waals surface area contributed by atoms with Crippen molar-refractivity contribution in [3.63, 3.8) is 0 Å². The number of carbonyl (C=O) groups excluding carboxylic acids is 1. The van der Waals surface area contributed by atoms with Crippen LogP contribution in [0.5, 0.6) is 0 Å². The molecule has 1 amide bonds. The second kappa shape index (κ2) is 8.52. The number of rotatable bonds is 7. The summed E-state index contributed by atoms with van der Waals surface area (Å²) in [5, 5.41) is 20.3. The van der Waals surface area contributed by atoms with E-state index in [2.05, 4.69) is 5.32 Å². The summed E-state index contributed by atoms with van der Waals surface area (Å²) in [5.74, 6) is -0.615. The average molecular weight is 328 g/mol. The fourth-order valence-corrected chi connectivity index (χ4v) is 2.42. The number of amides is 1. The van der Waals surface area contributed by atoms with Crippen LogP contribution in [-0.2, 0) is 9.59 Å². The topological polar surface area (TPSA) is 116 Å². The van der Waals surface area contributed by atoms with Crippen molar-refractivity contribution in [1.29, 1.82) is 5.26 Å². The van der Waals surface area contributed by atoms with Crippen molar-refractivity contribution in [3.8, 4) is 6.07 Å². The number of carboxylic acids is 1. The van der Waals surface area contributed by atoms with E-state index in [9.17, 15) is 9.59 Å². The highest BCUT2D eigenvalue weighted by molar-refractivity contribution is 7.99. The minimum atomic E-state index is -1.05. The highest BCUT2D eigenvalue weighted by atomic mass is 35.5. The van der Waals surface area contributed by atoms with Crippen molar-refractivity contribution >= 4 is 40.9 Å². The summed E-state index contributed by atoms with van der Waals surface area (Å²) in [5.41, 5.74) is 6.19. The molecule has 6 nitrogen and oxygen atoms in total. The number of carboxylic acid groups (broad SMARTS) is 1. The second-order valence-corrected chi connectivity index (χ2v) is 5.65. The molecule has 0 spiro atoms. The molecule has 0 aliphatic rings. The molecule has 1 unspecified atom stereocenters. The maximum Gasteiger partial charge on any atom is 0.320 e. The van der Waals surface area contributed by atoms with E-state index in [-0.39, 0.29) is 16.7 Å². The number of carbonyl (C=O) groups is 2. The zero-order chi connectivity index (χ0) is 15.8. The van der Waals surface area contributed by atoms with Gasteiger partial charge in [0.2, 0.25) is 5.91 Å². The standard InChI is InChI=1S/C13H14ClN3O3S/c14-10-5-9(2-1-8(10)6-15)17-12(18)7-21-4-3-11(16)13(19)20/h1-2,5,11H,3-4,7,16H2,(H,17,18)(H,19,20). The van der Waals surface area contributed by atoms with Crippen molar-refractivity contribution in [2.75, 3.05) is 16.8 Å². The third-order valence-electron chi connectivity index (χ3n) is 2.50. The first kappa shape index (κ1) is 17.3. The van der Waals surface area contributed by atoms with Gasteiger partial charge < -0.3 is 16.2 Å². The van der Waals surface area contributed by atoms with E-state index < -0.39 is 12.0 Å². The van der Waals surface area contributed by atoms with Crippen molar-refractivity contribution in [3.05, 3.63) is 28.8 Å². The number of nitrogens with two attached hydrogens (primary N) is 1. The van der Waals surface area contributed by atoms with Gasteiger partial charge in [-0.05, 0) is 30.4 Å². The Morgan fingerprint density at radius 1 is 1.52 bits per heavy atom. The first-order chi connectivity index (χ1) is 9.93. The maximum absolute atomic E-state index is 11.7. The van der Waals surface area contributed by atoms with E-state index in [1.165, 1.54) is 23.9 Å². The van der Waals surface area contributed by atoms with Gasteiger partial charge in [0.1, 0.15) is 12.1 Å². The SMILES string of the molecule is N#Cc1ccc(NC(=O)CSCCC(N)C(=O)O)cc1Cl. The highest BCUT2D eigenvalue weighted by Gasteiger charge is 2.11. The van der Waals surface area contributed by atoms with E-state index >= 15 is 0 Å². The van der Waals surface area contributed by atoms with Crippen LogP contribution in [0.2, 0.25) is 5.02 Å². The van der Waals surface area contributed by atoms with Gasteiger partial charge in [-0.25, -0.2) is 0 Å². The molecule has 0 aromatic heterocycles. The third-order valence-corrected chi connectivity index (χ3v) is 3.80. The zero-order valence-electron chi connectivity index (χ0n) is 11.0. The fourth-order valence-electron chi connectivity index (χ4n) is 1.38. The Morgan fingerprint density at radius 3 is 2.81 bits per heavy atom. The van der Waals surface area contributed by atoms with Gasteiger partial charge in [0.05, 0.1) is 16.3 Å². The van der Waals surface area contributed by atoms with Crippen LogP contribution in [-0.4, -0.2) is 34.5 Å². The summed E-state index contributed by atoms with van der Waals surface area (Å²) in [6, 6.07) is 5.64. The molecule has 4 N–H and O–H groups in total. The zero-order valence-corrected chi connectivity index (χ0v) is 12.6. The molecule has 0 aliphatic heterocycles. The number of aliphatic carboxylic acids is 1. The van der Waals surface area contributed by atoms with Crippen molar-refractivity contribution < 1.29 is 14.7 Å². The summed E-state index contributed by atoms with van der Waals surface area (Å²) in [6.07, 6.45) is 0.302. The molecule has 21 heavy (non-hydrogen) atoms. The van der Waals surface area contributed by atoms with Crippen LogP contribution in [0.4, 0.5) is 5.69 Å². The van der Waals surface area contributed by atoms with Crippen LogP contribution in [0.3, 0.4) is 0 Å². The van der Waals surface area contributed by atoms with E-state index in [0.29, 0.717) is 23.4 Å². The highest BCUT2D eigenvalue weighted by Crippen LogP contribution is 2.20. The second-order valence-electron chi connectivity index (χ2n) is 4.14. The number of halogens is 1. The lowest BCUT2D eigenvalue weighted by molar-refractivity contribution is -0.138. The molecule has 1 atom stereocenters. The van der Waals surface area contributed by atoms with E-state index in [0.717, 1.165) is 0 Å². The predicted molar refractivity (Wildman–Crippen MR) is 82.3 cm³/mol. The molecular formula is C13H14ClN3O3S. The molecule has 0 radical (unpaired) electrons. The monoisotopic (exact) mass is 327 g/mol. The van der Waals surface area contributed by atoms with Gasteiger partial charge in [-0.15, -0.1) is 0 Å². The number of nitrogens with zero attached hydrogens (tertiary/aromatic N) is 1. The van der Waals surface area contributed by atoms with Gasteiger partial charge >= 0.3 is 5.97 Å². The quantitative estimate of drug-likeness (QED) is 0.656. The van der Waals surface area contributed by atoms with Gasteiger partial charge in [-0.3, -0.25) is 9.59 Å². The third kappa shape index (κ3) is 6.04. The lowest BCUT2D eigenvalue weighted by Crippen LogP contribution is -2.30. The number of hydrogen-bond acceptors (Lipinski definition) is 5. The molecule has 0 fully saturated rings. The van der Waals surface area contributed by atoms with Gasteiger partial charge in [-0.1, -0.05) is 11.6 Å². The molecule has 0 saturated heterocycles. The number of benzene rings is 1. The first-order valence-electron chi connectivity index (χ1n) is 5.99. The molecule has 1 rings (SSSR count). The van der Waals surface area contributed by atoms with Crippen LogP contribution >= 0.6 is 23.4 Å². The normalized spacial score (nSPS) is 11.5. The van der Waals surface area contributed by atoms with Gasteiger partial charge in [0.15, 0.2) is 0 Å². The molecule has 8 heteroatoms. The van der Waals surface area contributed by atoms with Gasteiger partial charge in [0, 0.05) is 5.69 Å². The minimum absolute atomic E-state index is 0.184. The van der Waals surface area contributed by atoms with Crippen molar-refractivity contribution in [1.82, 2.24) is 0 Å². The number of nitrogens with one attached hydrogen (secondary N) is 1. The lowest BCUT2D eigenvalue weighted by Gasteiger charge is -2.07. The van der Waals surface area contributed by atoms with E-state index in [1.54, 1.807) is 6.07 Å². The number of anilines is 1. The number of nitriles is 1. The average Bonchev–Trinajstić information content (AvgIpc) is 2.43. The Bertz CT molecular complexity index is 574. The number of hydrogen-bond donors (Lipinski definition) is 3. The lowest BCUT2D eigenvalue weighted by atomic mass is 10.2. The van der Waals surface area contributed by atoms with Crippen LogP contribution in [0.1, 0.15) is 12.0 Å². The van der Waals surface area contributed by atoms with Crippen LogP contribution in [0.25, 0.3) is 0 Å². The summed E-state index contributed by atoms with van der Waals surface area (Å²) >= 11 is 7.15. The summed E-state index contributed by atoms with van der Waals surface area (Å²) in [7, 11) is 0. The molecule has 112 valence electrons.